The summed E-state index contributed by atoms with van der Waals surface area (Å²) in [5, 5.41) is 3.49. The Hall–Kier alpha value is -0.380. The van der Waals surface area contributed by atoms with Crippen LogP contribution in [0, 0.1) is 0 Å². The molecule has 18 heavy (non-hydrogen) atoms. The van der Waals surface area contributed by atoms with Gasteiger partial charge in [-0.1, -0.05) is 6.58 Å². The summed E-state index contributed by atoms with van der Waals surface area (Å²) in [6, 6.07) is 0. The van der Waals surface area contributed by atoms with Crippen molar-refractivity contribution in [1.29, 1.82) is 0 Å². The fourth-order valence-electron chi connectivity index (χ4n) is 2.29. The number of nitrogens with zero attached hydrogens (tertiary/aromatic N) is 1. The maximum atomic E-state index is 5.72. The number of nitrogens with one attached hydrogen (secondary N) is 1. The van der Waals surface area contributed by atoms with Gasteiger partial charge in [0, 0.05) is 31.8 Å². The van der Waals surface area contributed by atoms with Crippen molar-refractivity contribution < 1.29 is 4.74 Å². The summed E-state index contributed by atoms with van der Waals surface area (Å²) < 4.78 is 5.72. The van der Waals surface area contributed by atoms with E-state index in [1.807, 2.05) is 0 Å². The van der Waals surface area contributed by atoms with Gasteiger partial charge >= 0.3 is 0 Å². The van der Waals surface area contributed by atoms with E-state index in [-0.39, 0.29) is 5.54 Å². The minimum Gasteiger partial charge on any atom is -0.377 e. The first-order chi connectivity index (χ1) is 8.40. The standard InChI is InChI=1S/C15H30N2O/c1-6-18-14-8-7-9-17(12-14)11-13(2)10-16-15(3,4)5/h14,16H,2,6-12H2,1,3-5H3. The van der Waals surface area contributed by atoms with Gasteiger partial charge in [-0.2, -0.15) is 0 Å². The summed E-state index contributed by atoms with van der Waals surface area (Å²) in [4.78, 5) is 2.47. The average Bonchev–Trinajstić information content (AvgIpc) is 2.26. The van der Waals surface area contributed by atoms with Gasteiger partial charge in [-0.15, -0.1) is 0 Å². The van der Waals surface area contributed by atoms with Crippen LogP contribution in [0.2, 0.25) is 0 Å². The Morgan fingerprint density at radius 2 is 2.17 bits per heavy atom. The van der Waals surface area contributed by atoms with Crippen molar-refractivity contribution in [1.82, 2.24) is 10.2 Å². The van der Waals surface area contributed by atoms with Crippen molar-refractivity contribution in [3.8, 4) is 0 Å². The molecule has 0 aromatic heterocycles. The average molecular weight is 254 g/mol. The van der Waals surface area contributed by atoms with E-state index in [0.29, 0.717) is 6.10 Å². The molecule has 0 spiro atoms. The summed E-state index contributed by atoms with van der Waals surface area (Å²) in [6.45, 7) is 17.8. The molecule has 1 aliphatic heterocycles. The normalized spacial score (nSPS) is 22.1. The van der Waals surface area contributed by atoms with E-state index in [4.69, 9.17) is 4.74 Å². The quantitative estimate of drug-likeness (QED) is 0.737. The third kappa shape index (κ3) is 6.53. The smallest absolute Gasteiger partial charge is 0.0702 e. The number of rotatable bonds is 6. The Morgan fingerprint density at radius 3 is 2.78 bits per heavy atom. The molecule has 0 amide bonds. The maximum absolute atomic E-state index is 5.72. The van der Waals surface area contributed by atoms with E-state index < -0.39 is 0 Å². The van der Waals surface area contributed by atoms with Gasteiger partial charge in [0.25, 0.3) is 0 Å². The molecule has 1 saturated heterocycles. The summed E-state index contributed by atoms with van der Waals surface area (Å²) in [6.07, 6.45) is 2.87. The van der Waals surface area contributed by atoms with Crippen molar-refractivity contribution in [2.45, 2.75) is 52.2 Å². The molecular formula is C15H30N2O. The third-order valence-corrected chi connectivity index (χ3v) is 3.18. The Kier molecular flexibility index (Phi) is 6.33. The molecule has 106 valence electrons. The highest BCUT2D eigenvalue weighted by Gasteiger charge is 2.20. The van der Waals surface area contributed by atoms with Crippen molar-refractivity contribution in [3.63, 3.8) is 0 Å². The summed E-state index contributed by atoms with van der Waals surface area (Å²) in [5.41, 5.74) is 1.43. The molecular weight excluding hydrogens is 224 g/mol. The lowest BCUT2D eigenvalue weighted by Gasteiger charge is -2.33. The van der Waals surface area contributed by atoms with Crippen LogP contribution < -0.4 is 5.32 Å². The number of hydrogen-bond acceptors (Lipinski definition) is 3. The lowest BCUT2D eigenvalue weighted by molar-refractivity contribution is 0.00847. The van der Waals surface area contributed by atoms with E-state index in [1.165, 1.54) is 25.0 Å². The zero-order valence-corrected chi connectivity index (χ0v) is 12.6. The van der Waals surface area contributed by atoms with Crippen LogP contribution in [0.3, 0.4) is 0 Å². The molecule has 3 heteroatoms. The third-order valence-electron chi connectivity index (χ3n) is 3.18. The molecule has 1 heterocycles. The molecule has 0 aromatic rings. The number of piperidine rings is 1. The molecule has 1 rings (SSSR count). The zero-order chi connectivity index (χ0) is 13.6. The van der Waals surface area contributed by atoms with Crippen LogP contribution in [0.15, 0.2) is 12.2 Å². The van der Waals surface area contributed by atoms with Gasteiger partial charge in [0.05, 0.1) is 6.10 Å². The van der Waals surface area contributed by atoms with Crippen LogP contribution in [0.25, 0.3) is 0 Å². The number of hydrogen-bond donors (Lipinski definition) is 1. The second kappa shape index (κ2) is 7.27. The predicted octanol–water partition coefficient (Wildman–Crippen LogP) is 2.43. The second-order valence-electron chi connectivity index (χ2n) is 6.31. The lowest BCUT2D eigenvalue weighted by atomic mass is 10.1. The highest BCUT2D eigenvalue weighted by molar-refractivity contribution is 5.01. The van der Waals surface area contributed by atoms with Gasteiger partial charge in [-0.25, -0.2) is 0 Å². The van der Waals surface area contributed by atoms with Gasteiger partial charge in [0.2, 0.25) is 0 Å². The van der Waals surface area contributed by atoms with E-state index in [0.717, 1.165) is 26.2 Å². The molecule has 0 radical (unpaired) electrons. The lowest BCUT2D eigenvalue weighted by Crippen LogP contribution is -2.43. The van der Waals surface area contributed by atoms with Crippen molar-refractivity contribution in [2.24, 2.45) is 0 Å². The maximum Gasteiger partial charge on any atom is 0.0702 e. The first-order valence-electron chi connectivity index (χ1n) is 7.16. The molecule has 1 aliphatic rings. The molecule has 0 bridgehead atoms. The fraction of sp³-hybridized carbons (Fsp3) is 0.867. The van der Waals surface area contributed by atoms with Gasteiger partial charge in [-0.3, -0.25) is 4.90 Å². The molecule has 1 unspecified atom stereocenters. The number of ether oxygens (including phenoxy) is 1. The monoisotopic (exact) mass is 254 g/mol. The highest BCUT2D eigenvalue weighted by atomic mass is 16.5. The summed E-state index contributed by atoms with van der Waals surface area (Å²) >= 11 is 0. The first-order valence-corrected chi connectivity index (χ1v) is 7.16. The van der Waals surface area contributed by atoms with Gasteiger partial charge in [0.15, 0.2) is 0 Å². The minimum absolute atomic E-state index is 0.165. The van der Waals surface area contributed by atoms with Crippen LogP contribution >= 0.6 is 0 Å². The Bertz CT molecular complexity index is 256. The predicted molar refractivity (Wildman–Crippen MR) is 78.0 cm³/mol. The van der Waals surface area contributed by atoms with Crippen LogP contribution in [0.5, 0.6) is 0 Å². The second-order valence-corrected chi connectivity index (χ2v) is 6.31. The molecule has 1 N–H and O–H groups in total. The Morgan fingerprint density at radius 1 is 1.44 bits per heavy atom. The number of likely N-dealkylation sites (tertiary alicyclic amines) is 1. The van der Waals surface area contributed by atoms with Crippen LogP contribution in [0.4, 0.5) is 0 Å². The van der Waals surface area contributed by atoms with E-state index in [2.05, 4.69) is 44.5 Å². The van der Waals surface area contributed by atoms with Crippen molar-refractivity contribution >= 4 is 0 Å². The van der Waals surface area contributed by atoms with Gasteiger partial charge in [-0.05, 0) is 52.7 Å². The SMILES string of the molecule is C=C(CNC(C)(C)C)CN1CCCC(OCC)C1. The van der Waals surface area contributed by atoms with E-state index >= 15 is 0 Å². The molecule has 0 aliphatic carbocycles. The van der Waals surface area contributed by atoms with E-state index in [1.54, 1.807) is 0 Å². The van der Waals surface area contributed by atoms with Gasteiger partial charge < -0.3 is 10.1 Å². The topological polar surface area (TPSA) is 24.5 Å². The Balaban J connectivity index is 2.26. The molecule has 0 saturated carbocycles. The fourth-order valence-corrected chi connectivity index (χ4v) is 2.29. The largest absolute Gasteiger partial charge is 0.377 e. The Labute approximate surface area is 113 Å². The molecule has 3 nitrogen and oxygen atoms in total. The van der Waals surface area contributed by atoms with E-state index in [9.17, 15) is 0 Å². The highest BCUT2D eigenvalue weighted by Crippen LogP contribution is 2.14. The molecule has 1 atom stereocenters. The van der Waals surface area contributed by atoms with Crippen LogP contribution in [-0.2, 0) is 4.74 Å². The first kappa shape index (κ1) is 15.7. The van der Waals surface area contributed by atoms with Crippen LogP contribution in [-0.4, -0.2) is 49.3 Å². The summed E-state index contributed by atoms with van der Waals surface area (Å²) in [7, 11) is 0. The van der Waals surface area contributed by atoms with Crippen LogP contribution in [0.1, 0.15) is 40.5 Å². The summed E-state index contributed by atoms with van der Waals surface area (Å²) in [5.74, 6) is 0. The van der Waals surface area contributed by atoms with Crippen molar-refractivity contribution in [2.75, 3.05) is 32.8 Å². The van der Waals surface area contributed by atoms with Crippen molar-refractivity contribution in [3.05, 3.63) is 12.2 Å². The molecule has 1 fully saturated rings. The zero-order valence-electron chi connectivity index (χ0n) is 12.6. The van der Waals surface area contributed by atoms with Gasteiger partial charge in [0.1, 0.15) is 0 Å². The minimum atomic E-state index is 0.165. The molecule has 0 aromatic carbocycles.